The van der Waals surface area contributed by atoms with Crippen LogP contribution >= 0.6 is 0 Å². The molecule has 0 aromatic carbocycles. The molecule has 0 radical (unpaired) electrons. The minimum Gasteiger partial charge on any atom is -0.444 e. The van der Waals surface area contributed by atoms with Crippen molar-refractivity contribution in [1.29, 1.82) is 0 Å². The van der Waals surface area contributed by atoms with Gasteiger partial charge in [0.15, 0.2) is 12.2 Å². The van der Waals surface area contributed by atoms with Gasteiger partial charge in [-0.2, -0.15) is 13.2 Å². The summed E-state index contributed by atoms with van der Waals surface area (Å²) in [6.45, 7) is 2.19. The summed E-state index contributed by atoms with van der Waals surface area (Å²) >= 11 is 0. The van der Waals surface area contributed by atoms with Crippen LogP contribution in [0.4, 0.5) is 23.8 Å². The average molecular weight is 489 g/mol. The number of pyridine rings is 1. The van der Waals surface area contributed by atoms with Gasteiger partial charge in [0.2, 0.25) is 5.91 Å². The SMILES string of the molecule is C[C@H](NC(=O)C1C=CC2=C(N1)N(C(=O)Nc1cc(-c3cnco3)ccn1)[C@H]1CCN2C1)C(F)(F)F. The number of hydrogen-bond donors (Lipinski definition) is 3. The van der Waals surface area contributed by atoms with E-state index in [0.29, 0.717) is 42.4 Å². The largest absolute Gasteiger partial charge is 0.444 e. The molecule has 184 valence electrons. The average Bonchev–Trinajstić information content (AvgIpc) is 3.50. The second kappa shape index (κ2) is 8.64. The molecular weight excluding hydrogens is 467 g/mol. The Kier molecular flexibility index (Phi) is 5.61. The van der Waals surface area contributed by atoms with Crippen LogP contribution in [-0.4, -0.2) is 69.1 Å². The van der Waals surface area contributed by atoms with Gasteiger partial charge in [0.05, 0.1) is 17.9 Å². The molecule has 0 saturated carbocycles. The van der Waals surface area contributed by atoms with Crippen molar-refractivity contribution in [2.75, 3.05) is 18.4 Å². The van der Waals surface area contributed by atoms with Gasteiger partial charge in [0.1, 0.15) is 23.7 Å². The lowest BCUT2D eigenvalue weighted by Gasteiger charge is -2.41. The summed E-state index contributed by atoms with van der Waals surface area (Å²) < 4.78 is 44.0. The van der Waals surface area contributed by atoms with E-state index in [1.54, 1.807) is 24.4 Å². The highest BCUT2D eigenvalue weighted by molar-refractivity contribution is 5.91. The first-order valence-corrected chi connectivity index (χ1v) is 11.0. The number of alkyl halides is 3. The second-order valence-corrected chi connectivity index (χ2v) is 8.47. The molecule has 10 nitrogen and oxygen atoms in total. The Bertz CT molecular complexity index is 1200. The zero-order valence-electron chi connectivity index (χ0n) is 18.5. The van der Waals surface area contributed by atoms with Crippen LogP contribution in [0.5, 0.6) is 0 Å². The number of rotatable bonds is 4. The fourth-order valence-electron chi connectivity index (χ4n) is 4.32. The van der Waals surface area contributed by atoms with Gasteiger partial charge in [0.25, 0.3) is 0 Å². The summed E-state index contributed by atoms with van der Waals surface area (Å²) in [5, 5.41) is 7.70. The van der Waals surface area contributed by atoms with Crippen molar-refractivity contribution < 1.29 is 27.2 Å². The lowest BCUT2D eigenvalue weighted by molar-refractivity contribution is -0.158. The van der Waals surface area contributed by atoms with E-state index in [4.69, 9.17) is 4.42 Å². The normalized spacial score (nSPS) is 21.9. The van der Waals surface area contributed by atoms with Crippen LogP contribution in [0.1, 0.15) is 13.3 Å². The number of nitrogens with one attached hydrogen (secondary N) is 3. The molecule has 2 bridgehead atoms. The van der Waals surface area contributed by atoms with Crippen LogP contribution in [0.2, 0.25) is 0 Å². The zero-order valence-corrected chi connectivity index (χ0v) is 18.5. The van der Waals surface area contributed by atoms with Gasteiger partial charge in [-0.15, -0.1) is 0 Å². The topological polar surface area (TPSA) is 116 Å². The van der Waals surface area contributed by atoms with Crippen molar-refractivity contribution in [3.63, 3.8) is 0 Å². The van der Waals surface area contributed by atoms with Gasteiger partial charge >= 0.3 is 12.2 Å². The molecule has 13 heteroatoms. The molecule has 1 fully saturated rings. The number of halogens is 3. The van der Waals surface area contributed by atoms with E-state index in [1.807, 2.05) is 5.32 Å². The summed E-state index contributed by atoms with van der Waals surface area (Å²) in [6, 6.07) is -0.374. The van der Waals surface area contributed by atoms with Gasteiger partial charge in [-0.25, -0.2) is 14.8 Å². The van der Waals surface area contributed by atoms with Crippen molar-refractivity contribution in [1.82, 2.24) is 30.4 Å². The van der Waals surface area contributed by atoms with Crippen molar-refractivity contribution in [3.05, 3.63) is 54.6 Å². The van der Waals surface area contributed by atoms with Crippen LogP contribution in [0.15, 0.2) is 59.0 Å². The van der Waals surface area contributed by atoms with E-state index < -0.39 is 30.2 Å². The number of nitrogens with zero attached hydrogens (tertiary/aromatic N) is 4. The minimum atomic E-state index is -4.56. The molecule has 2 aromatic heterocycles. The number of oxazole rings is 1. The summed E-state index contributed by atoms with van der Waals surface area (Å²) in [7, 11) is 0. The number of amides is 3. The van der Waals surface area contributed by atoms with Crippen LogP contribution in [0, 0.1) is 0 Å². The van der Waals surface area contributed by atoms with Crippen LogP contribution < -0.4 is 16.0 Å². The highest BCUT2D eigenvalue weighted by atomic mass is 19.4. The molecule has 3 aliphatic heterocycles. The number of urea groups is 1. The molecule has 5 heterocycles. The monoisotopic (exact) mass is 489 g/mol. The molecule has 1 unspecified atom stereocenters. The molecule has 0 spiro atoms. The predicted octanol–water partition coefficient (Wildman–Crippen LogP) is 2.42. The number of hydrogen-bond acceptors (Lipinski definition) is 7. The maximum absolute atomic E-state index is 13.4. The molecular formula is C22H22F3N7O3. The number of carbonyl (C=O) groups excluding carboxylic acids is 2. The maximum Gasteiger partial charge on any atom is 0.408 e. The molecule has 3 N–H and O–H groups in total. The Labute approximate surface area is 197 Å². The van der Waals surface area contributed by atoms with Crippen LogP contribution in [-0.2, 0) is 4.79 Å². The molecule has 35 heavy (non-hydrogen) atoms. The number of allylic oxidation sites excluding steroid dienone is 1. The summed E-state index contributed by atoms with van der Waals surface area (Å²) in [5.74, 6) is 0.321. The van der Waals surface area contributed by atoms with E-state index in [2.05, 4.69) is 25.5 Å². The molecule has 2 aromatic rings. The summed E-state index contributed by atoms with van der Waals surface area (Å²) in [4.78, 5) is 37.6. The molecule has 1 saturated heterocycles. The first-order valence-electron chi connectivity index (χ1n) is 11.0. The number of dihydropyridines is 1. The van der Waals surface area contributed by atoms with Crippen molar-refractivity contribution in [2.45, 2.75) is 37.6 Å². The lowest BCUT2D eigenvalue weighted by Crippen LogP contribution is -2.57. The minimum absolute atomic E-state index is 0.178. The van der Waals surface area contributed by atoms with E-state index in [-0.39, 0.29) is 11.9 Å². The van der Waals surface area contributed by atoms with Crippen LogP contribution in [0.25, 0.3) is 11.3 Å². The van der Waals surface area contributed by atoms with Gasteiger partial charge in [-0.05, 0) is 31.6 Å². The lowest BCUT2D eigenvalue weighted by atomic mass is 10.1. The molecule has 5 rings (SSSR count). The van der Waals surface area contributed by atoms with E-state index in [1.165, 1.54) is 23.6 Å². The predicted molar refractivity (Wildman–Crippen MR) is 117 cm³/mol. The smallest absolute Gasteiger partial charge is 0.408 e. The highest BCUT2D eigenvalue weighted by Crippen LogP contribution is 2.34. The Morgan fingerprint density at radius 2 is 2.17 bits per heavy atom. The Morgan fingerprint density at radius 3 is 2.91 bits per heavy atom. The third-order valence-corrected chi connectivity index (χ3v) is 6.15. The third kappa shape index (κ3) is 4.40. The standard InChI is InChI=1S/C22H22F3N7O3/c1-12(22(23,24)25)28-20(33)15-2-3-16-19(29-15)32(14-5-7-31(16)10-14)21(34)30-18-8-13(4-6-27-18)17-9-26-11-35-17/h2-4,6,8-9,11-12,14-15,29H,5,7,10H2,1H3,(H,28,33)(H,27,30,34)/t12-,14-,15?/m0/s1. The second-order valence-electron chi connectivity index (χ2n) is 8.47. The Morgan fingerprint density at radius 1 is 1.34 bits per heavy atom. The fourth-order valence-corrected chi connectivity index (χ4v) is 4.32. The Hall–Kier alpha value is -4.03. The third-order valence-electron chi connectivity index (χ3n) is 6.15. The van der Waals surface area contributed by atoms with Crippen molar-refractivity contribution >= 4 is 17.8 Å². The van der Waals surface area contributed by atoms with Crippen LogP contribution in [0.3, 0.4) is 0 Å². The van der Waals surface area contributed by atoms with Crippen molar-refractivity contribution in [2.24, 2.45) is 0 Å². The number of fused-ring (bicyclic) bond motifs is 3. The first-order chi connectivity index (χ1) is 16.7. The zero-order chi connectivity index (χ0) is 24.7. The van der Waals surface area contributed by atoms with Gasteiger partial charge in [0, 0.05) is 24.8 Å². The van der Waals surface area contributed by atoms with Gasteiger partial charge in [-0.3, -0.25) is 15.0 Å². The van der Waals surface area contributed by atoms with E-state index >= 15 is 0 Å². The van der Waals surface area contributed by atoms with E-state index in [9.17, 15) is 22.8 Å². The quantitative estimate of drug-likeness (QED) is 0.604. The fraction of sp³-hybridized carbons (Fsp3) is 0.364. The molecule has 0 aliphatic carbocycles. The Balaban J connectivity index is 1.35. The number of aromatic nitrogens is 2. The van der Waals surface area contributed by atoms with E-state index in [0.717, 1.165) is 6.92 Å². The summed E-state index contributed by atoms with van der Waals surface area (Å²) in [5.41, 5.74) is 1.37. The summed E-state index contributed by atoms with van der Waals surface area (Å²) in [6.07, 6.45) is 3.66. The maximum atomic E-state index is 13.4. The molecule has 3 atom stereocenters. The van der Waals surface area contributed by atoms with Gasteiger partial charge in [-0.1, -0.05) is 6.08 Å². The number of anilines is 1. The van der Waals surface area contributed by atoms with Crippen molar-refractivity contribution in [3.8, 4) is 11.3 Å². The number of carbonyl (C=O) groups is 2. The first kappa shape index (κ1) is 22.7. The molecule has 3 amide bonds. The molecule has 3 aliphatic rings. The highest BCUT2D eigenvalue weighted by Gasteiger charge is 2.43. The van der Waals surface area contributed by atoms with Gasteiger partial charge < -0.3 is 20.0 Å².